The van der Waals surface area contributed by atoms with Crippen molar-refractivity contribution in [2.24, 2.45) is 0 Å². The molecule has 1 aliphatic heterocycles. The van der Waals surface area contributed by atoms with Crippen molar-refractivity contribution < 1.29 is 14.0 Å². The number of fused-ring (bicyclic) bond motifs is 1. The van der Waals surface area contributed by atoms with Crippen molar-refractivity contribution in [1.29, 1.82) is 0 Å². The lowest BCUT2D eigenvalue weighted by Gasteiger charge is -2.13. The quantitative estimate of drug-likeness (QED) is 0.771. The minimum absolute atomic E-state index is 0.0477. The molecule has 2 amide bonds. The smallest absolute Gasteiger partial charge is 0.262 e. The van der Waals surface area contributed by atoms with Crippen LogP contribution in [0.15, 0.2) is 29.1 Å². The number of nitrogens with zero attached hydrogens (tertiary/aromatic N) is 1. The Hall–Kier alpha value is -2.67. The highest BCUT2D eigenvalue weighted by molar-refractivity contribution is 6.32. The van der Waals surface area contributed by atoms with Crippen molar-refractivity contribution in [2.45, 2.75) is 0 Å². The zero-order valence-corrected chi connectivity index (χ0v) is 11.1. The Kier molecular flexibility index (Phi) is 2.80. The molecule has 2 heterocycles. The number of nitrogens with one attached hydrogen (secondary N) is 1. The lowest BCUT2D eigenvalue weighted by atomic mass is 10.1. The first kappa shape index (κ1) is 13.3. The van der Waals surface area contributed by atoms with Crippen LogP contribution in [0.2, 0.25) is 5.02 Å². The van der Waals surface area contributed by atoms with E-state index in [1.54, 1.807) is 0 Å². The normalized spacial score (nSPS) is 13.2. The molecule has 0 radical (unpaired) electrons. The fraction of sp³-hybridized carbons (Fsp3) is 0. The maximum absolute atomic E-state index is 14.0. The van der Waals surface area contributed by atoms with Crippen LogP contribution in [0.3, 0.4) is 0 Å². The summed E-state index contributed by atoms with van der Waals surface area (Å²) >= 11 is 5.90. The minimum atomic E-state index is -0.777. The van der Waals surface area contributed by atoms with Gasteiger partial charge < -0.3 is 5.73 Å². The SMILES string of the molecule is Nc1c2c(cc(=O)n1-c1c(F)cccc1Cl)C(=O)NC2=O. The minimum Gasteiger partial charge on any atom is -0.384 e. The van der Waals surface area contributed by atoms with E-state index in [2.05, 4.69) is 0 Å². The van der Waals surface area contributed by atoms with Gasteiger partial charge >= 0.3 is 0 Å². The molecule has 0 spiro atoms. The first-order valence-corrected chi connectivity index (χ1v) is 6.15. The molecular formula is C13H7ClFN3O3. The van der Waals surface area contributed by atoms with Crippen molar-refractivity contribution >= 4 is 29.2 Å². The van der Waals surface area contributed by atoms with Crippen LogP contribution < -0.4 is 16.6 Å². The van der Waals surface area contributed by atoms with Crippen LogP contribution in [0.25, 0.3) is 5.69 Å². The Morgan fingerprint density at radius 2 is 1.90 bits per heavy atom. The highest BCUT2D eigenvalue weighted by atomic mass is 35.5. The Bertz CT molecular complexity index is 855. The van der Waals surface area contributed by atoms with Gasteiger partial charge in [-0.25, -0.2) is 4.39 Å². The number of carbonyl (C=O) groups is 2. The van der Waals surface area contributed by atoms with Crippen LogP contribution in [-0.2, 0) is 0 Å². The van der Waals surface area contributed by atoms with Crippen molar-refractivity contribution in [3.8, 4) is 5.69 Å². The van der Waals surface area contributed by atoms with Gasteiger partial charge in [0.25, 0.3) is 17.4 Å². The molecule has 0 fully saturated rings. The molecule has 8 heteroatoms. The highest BCUT2D eigenvalue weighted by Gasteiger charge is 2.32. The third-order valence-electron chi connectivity index (χ3n) is 3.11. The molecule has 6 nitrogen and oxygen atoms in total. The third kappa shape index (κ3) is 1.82. The first-order valence-electron chi connectivity index (χ1n) is 5.77. The molecule has 0 saturated carbocycles. The van der Waals surface area contributed by atoms with Crippen molar-refractivity contribution in [2.75, 3.05) is 5.73 Å². The maximum atomic E-state index is 14.0. The molecule has 1 aromatic heterocycles. The number of para-hydroxylation sites is 1. The Labute approximate surface area is 121 Å². The van der Waals surface area contributed by atoms with Gasteiger partial charge in [-0.05, 0) is 12.1 Å². The van der Waals surface area contributed by atoms with Gasteiger partial charge in [0, 0.05) is 6.07 Å². The average Bonchev–Trinajstić information content (AvgIpc) is 2.68. The van der Waals surface area contributed by atoms with Crippen molar-refractivity contribution in [3.05, 3.63) is 56.6 Å². The molecule has 1 aliphatic rings. The number of halogens is 2. The predicted octanol–water partition coefficient (Wildman–Crippen LogP) is 1.10. The predicted molar refractivity (Wildman–Crippen MR) is 73.2 cm³/mol. The zero-order chi connectivity index (χ0) is 15.3. The molecule has 1 aromatic carbocycles. The summed E-state index contributed by atoms with van der Waals surface area (Å²) in [6, 6.07) is 4.77. The number of carbonyl (C=O) groups excluding carboxylic acids is 2. The molecule has 3 rings (SSSR count). The summed E-state index contributed by atoms with van der Waals surface area (Å²) in [6.07, 6.45) is 0. The summed E-state index contributed by atoms with van der Waals surface area (Å²) in [6.45, 7) is 0. The van der Waals surface area contributed by atoms with Gasteiger partial charge in [0.05, 0.1) is 16.1 Å². The summed E-state index contributed by atoms with van der Waals surface area (Å²) in [7, 11) is 0. The number of imide groups is 1. The standard InChI is InChI=1S/C13H7ClFN3O3/c14-6-2-1-3-7(15)10(6)18-8(19)4-5-9(11(18)16)13(21)17-12(5)20/h1-4H,16H2,(H,17,20,21). The largest absolute Gasteiger partial charge is 0.384 e. The summed E-state index contributed by atoms with van der Waals surface area (Å²) < 4.78 is 14.7. The first-order chi connectivity index (χ1) is 9.91. The number of pyridine rings is 1. The van der Waals surface area contributed by atoms with Crippen LogP contribution in [0.5, 0.6) is 0 Å². The second-order valence-electron chi connectivity index (χ2n) is 4.35. The summed E-state index contributed by atoms with van der Waals surface area (Å²) in [5.41, 5.74) is 4.45. The van der Waals surface area contributed by atoms with E-state index in [-0.39, 0.29) is 27.7 Å². The number of hydrogen-bond acceptors (Lipinski definition) is 4. The monoisotopic (exact) mass is 307 g/mol. The van der Waals surface area contributed by atoms with E-state index >= 15 is 0 Å². The van der Waals surface area contributed by atoms with E-state index in [9.17, 15) is 18.8 Å². The number of benzene rings is 1. The maximum Gasteiger partial charge on any atom is 0.262 e. The fourth-order valence-electron chi connectivity index (χ4n) is 2.21. The lowest BCUT2D eigenvalue weighted by Crippen LogP contribution is -2.25. The molecule has 2 aromatic rings. The number of anilines is 1. The van der Waals surface area contributed by atoms with Gasteiger partial charge in [0.15, 0.2) is 0 Å². The van der Waals surface area contributed by atoms with Gasteiger partial charge in [-0.1, -0.05) is 17.7 Å². The highest BCUT2D eigenvalue weighted by Crippen LogP contribution is 2.28. The number of hydrogen-bond donors (Lipinski definition) is 2. The summed E-state index contributed by atoms with van der Waals surface area (Å²) in [5.74, 6) is -2.58. The van der Waals surface area contributed by atoms with Gasteiger partial charge in [-0.15, -0.1) is 0 Å². The molecule has 21 heavy (non-hydrogen) atoms. The Morgan fingerprint density at radius 1 is 1.19 bits per heavy atom. The molecule has 0 saturated heterocycles. The molecular weight excluding hydrogens is 301 g/mol. The van der Waals surface area contributed by atoms with E-state index in [1.807, 2.05) is 5.32 Å². The molecule has 0 atom stereocenters. The number of amides is 2. The van der Waals surface area contributed by atoms with Crippen LogP contribution in [-0.4, -0.2) is 16.4 Å². The number of aromatic nitrogens is 1. The van der Waals surface area contributed by atoms with E-state index in [0.29, 0.717) is 0 Å². The second kappa shape index (κ2) is 4.42. The topological polar surface area (TPSA) is 94.2 Å². The van der Waals surface area contributed by atoms with Gasteiger partial charge in [-0.3, -0.25) is 24.3 Å². The molecule has 3 N–H and O–H groups in total. The molecule has 0 bridgehead atoms. The van der Waals surface area contributed by atoms with E-state index in [0.717, 1.165) is 16.7 Å². The molecule has 0 aliphatic carbocycles. The summed E-state index contributed by atoms with van der Waals surface area (Å²) in [4.78, 5) is 35.4. The van der Waals surface area contributed by atoms with Gasteiger partial charge in [0.1, 0.15) is 17.3 Å². The van der Waals surface area contributed by atoms with Crippen molar-refractivity contribution in [3.63, 3.8) is 0 Å². The number of nitrogens with two attached hydrogens (primary N) is 1. The molecule has 0 unspecified atom stereocenters. The Balaban J connectivity index is 2.42. The molecule has 106 valence electrons. The van der Waals surface area contributed by atoms with Gasteiger partial charge in [-0.2, -0.15) is 0 Å². The average molecular weight is 308 g/mol. The second-order valence-corrected chi connectivity index (χ2v) is 4.75. The Morgan fingerprint density at radius 3 is 2.57 bits per heavy atom. The van der Waals surface area contributed by atoms with E-state index in [4.69, 9.17) is 17.3 Å². The fourth-order valence-corrected chi connectivity index (χ4v) is 2.46. The van der Waals surface area contributed by atoms with Crippen molar-refractivity contribution in [1.82, 2.24) is 9.88 Å². The number of nitrogen functional groups attached to an aromatic ring is 1. The van der Waals surface area contributed by atoms with E-state index < -0.39 is 23.2 Å². The van der Waals surface area contributed by atoms with Crippen LogP contribution in [0.1, 0.15) is 20.7 Å². The summed E-state index contributed by atoms with van der Waals surface area (Å²) in [5, 5.41) is 1.97. The lowest BCUT2D eigenvalue weighted by molar-refractivity contribution is 0.0880. The number of rotatable bonds is 1. The van der Waals surface area contributed by atoms with Crippen LogP contribution in [0.4, 0.5) is 10.2 Å². The third-order valence-corrected chi connectivity index (χ3v) is 3.42. The van der Waals surface area contributed by atoms with Crippen LogP contribution in [0, 0.1) is 5.82 Å². The van der Waals surface area contributed by atoms with Gasteiger partial charge in [0.2, 0.25) is 0 Å². The zero-order valence-electron chi connectivity index (χ0n) is 10.3. The van der Waals surface area contributed by atoms with E-state index in [1.165, 1.54) is 12.1 Å². The van der Waals surface area contributed by atoms with Crippen LogP contribution >= 0.6 is 11.6 Å².